The maximum atomic E-state index is 14.0. The van der Waals surface area contributed by atoms with Crippen LogP contribution in [0.1, 0.15) is 24.0 Å². The van der Waals surface area contributed by atoms with Gasteiger partial charge < -0.3 is 14.8 Å². The van der Waals surface area contributed by atoms with Crippen molar-refractivity contribution < 1.29 is 23.0 Å². The van der Waals surface area contributed by atoms with Gasteiger partial charge in [-0.1, -0.05) is 24.3 Å². The van der Waals surface area contributed by atoms with E-state index in [4.69, 9.17) is 9.47 Å². The number of hydrogen-bond donors (Lipinski definition) is 2. The van der Waals surface area contributed by atoms with Gasteiger partial charge >= 0.3 is 6.03 Å². The third-order valence-electron chi connectivity index (χ3n) is 6.29. The van der Waals surface area contributed by atoms with E-state index in [0.29, 0.717) is 55.7 Å². The van der Waals surface area contributed by atoms with Crippen molar-refractivity contribution in [3.05, 3.63) is 71.3 Å². The van der Waals surface area contributed by atoms with Gasteiger partial charge in [0.15, 0.2) is 11.6 Å². The molecule has 192 valence electrons. The maximum Gasteiger partial charge on any atom is 0.320 e. The molecule has 4 rings (SSSR count). The van der Waals surface area contributed by atoms with Crippen LogP contribution in [0.3, 0.4) is 0 Å². The number of nitrogens with zero attached hydrogens (tertiary/aromatic N) is 3. The number of aromatic nitrogens is 2. The second kappa shape index (κ2) is 11.5. The lowest BCUT2D eigenvalue weighted by molar-refractivity contribution is 0.159. The number of nitrogens with one attached hydrogen (secondary N) is 2. The van der Waals surface area contributed by atoms with Crippen LogP contribution in [-0.4, -0.2) is 66.7 Å². The summed E-state index contributed by atoms with van der Waals surface area (Å²) in [5.41, 5.74) is 2.09. The van der Waals surface area contributed by atoms with Gasteiger partial charge in [0.05, 0.1) is 30.5 Å². The highest BCUT2D eigenvalue weighted by molar-refractivity contribution is 5.90. The van der Waals surface area contributed by atoms with Gasteiger partial charge in [-0.15, -0.1) is 5.10 Å². The summed E-state index contributed by atoms with van der Waals surface area (Å²) in [5, 5.41) is 10.5. The van der Waals surface area contributed by atoms with Gasteiger partial charge in [0.25, 0.3) is 0 Å². The summed E-state index contributed by atoms with van der Waals surface area (Å²) in [4.78, 5) is 15.3. The number of carbonyl (C=O) groups excluding carboxylic acids is 1. The summed E-state index contributed by atoms with van der Waals surface area (Å²) >= 11 is 0. The Hall–Kier alpha value is -3.50. The molecule has 0 radical (unpaired) electrons. The molecule has 1 aliphatic rings. The van der Waals surface area contributed by atoms with E-state index < -0.39 is 17.7 Å². The number of para-hydroxylation sites is 1. The standard InChI is InChI=1S/C26H31F2N5O3/c1-4-36-25-17(2)24(33(31-25)19-8-6-5-7-9-19)30-26(34)29-23-16-32(12-13-35-3)15-20(23)18-10-11-21(27)22(28)14-18/h5-11,14,20,23H,4,12-13,15-16H2,1-3H3,(H2,29,30,34)/t20-,23+/m0/s1. The lowest BCUT2D eigenvalue weighted by Gasteiger charge is -2.21. The van der Waals surface area contributed by atoms with E-state index in [9.17, 15) is 13.6 Å². The van der Waals surface area contributed by atoms with Gasteiger partial charge in [-0.3, -0.25) is 10.2 Å². The van der Waals surface area contributed by atoms with Crippen molar-refractivity contribution in [2.24, 2.45) is 0 Å². The molecule has 1 aliphatic heterocycles. The van der Waals surface area contributed by atoms with Gasteiger partial charge in [-0.2, -0.15) is 0 Å². The Balaban J connectivity index is 1.56. The molecule has 0 unspecified atom stereocenters. The molecule has 0 bridgehead atoms. The molecule has 0 saturated carbocycles. The van der Waals surface area contributed by atoms with Crippen LogP contribution in [0.4, 0.5) is 19.4 Å². The largest absolute Gasteiger partial charge is 0.477 e. The van der Waals surface area contributed by atoms with E-state index in [1.54, 1.807) is 17.9 Å². The number of anilines is 1. The number of carbonyl (C=O) groups is 1. The Morgan fingerprint density at radius 3 is 2.61 bits per heavy atom. The molecule has 2 heterocycles. The molecule has 1 saturated heterocycles. The van der Waals surface area contributed by atoms with E-state index in [0.717, 1.165) is 11.8 Å². The van der Waals surface area contributed by atoms with Crippen molar-refractivity contribution in [1.82, 2.24) is 20.0 Å². The number of benzene rings is 2. The number of ether oxygens (including phenoxy) is 2. The summed E-state index contributed by atoms with van der Waals surface area (Å²) < 4.78 is 40.0. The number of methoxy groups -OCH3 is 1. The first-order valence-electron chi connectivity index (χ1n) is 11.9. The molecule has 1 fully saturated rings. The zero-order valence-corrected chi connectivity index (χ0v) is 20.6. The Bertz CT molecular complexity index is 1190. The number of halogens is 2. The smallest absolute Gasteiger partial charge is 0.320 e. The van der Waals surface area contributed by atoms with E-state index >= 15 is 0 Å². The monoisotopic (exact) mass is 499 g/mol. The van der Waals surface area contributed by atoms with E-state index in [1.807, 2.05) is 44.2 Å². The third-order valence-corrected chi connectivity index (χ3v) is 6.29. The van der Waals surface area contributed by atoms with E-state index in [1.165, 1.54) is 6.07 Å². The fourth-order valence-electron chi connectivity index (χ4n) is 4.48. The molecular weight excluding hydrogens is 468 g/mol. The number of urea groups is 1. The highest BCUT2D eigenvalue weighted by atomic mass is 19.2. The topological polar surface area (TPSA) is 80.6 Å². The second-order valence-corrected chi connectivity index (χ2v) is 8.70. The highest BCUT2D eigenvalue weighted by Gasteiger charge is 2.35. The number of amides is 2. The minimum atomic E-state index is -0.906. The normalized spacial score (nSPS) is 17.8. The molecule has 0 aliphatic carbocycles. The first-order chi connectivity index (χ1) is 17.4. The highest BCUT2D eigenvalue weighted by Crippen LogP contribution is 2.30. The molecular formula is C26H31F2N5O3. The molecule has 0 spiro atoms. The van der Waals surface area contributed by atoms with Crippen LogP contribution < -0.4 is 15.4 Å². The number of hydrogen-bond acceptors (Lipinski definition) is 5. The Labute approximate surface area is 209 Å². The van der Waals surface area contributed by atoms with Crippen molar-refractivity contribution in [3.63, 3.8) is 0 Å². The van der Waals surface area contributed by atoms with Crippen LogP contribution in [0.2, 0.25) is 0 Å². The zero-order valence-electron chi connectivity index (χ0n) is 20.6. The minimum Gasteiger partial charge on any atom is -0.477 e. The molecule has 10 heteroatoms. The molecule has 36 heavy (non-hydrogen) atoms. The van der Waals surface area contributed by atoms with Crippen LogP contribution in [0.5, 0.6) is 5.88 Å². The van der Waals surface area contributed by atoms with E-state index in [2.05, 4.69) is 20.6 Å². The Morgan fingerprint density at radius 1 is 1.14 bits per heavy atom. The van der Waals surface area contributed by atoms with Crippen LogP contribution in [0, 0.1) is 18.6 Å². The molecule has 2 N–H and O–H groups in total. The fourth-order valence-corrected chi connectivity index (χ4v) is 4.48. The summed E-state index contributed by atoms with van der Waals surface area (Å²) in [6.07, 6.45) is 0. The summed E-state index contributed by atoms with van der Waals surface area (Å²) in [7, 11) is 1.63. The first kappa shape index (κ1) is 25.6. The predicted octanol–water partition coefficient (Wildman–Crippen LogP) is 4.09. The average Bonchev–Trinajstić information content (AvgIpc) is 3.41. The van der Waals surface area contributed by atoms with E-state index in [-0.39, 0.29) is 12.0 Å². The summed E-state index contributed by atoms with van der Waals surface area (Å²) in [5.74, 6) is -1.10. The fraction of sp³-hybridized carbons (Fsp3) is 0.385. The Kier molecular flexibility index (Phi) is 8.17. The van der Waals surface area contributed by atoms with Gasteiger partial charge in [-0.25, -0.2) is 18.3 Å². The summed E-state index contributed by atoms with van der Waals surface area (Å²) in [6.45, 7) is 6.45. The van der Waals surface area contributed by atoms with Gasteiger partial charge in [0.1, 0.15) is 5.82 Å². The maximum absolute atomic E-state index is 14.0. The van der Waals surface area contributed by atoms with Crippen molar-refractivity contribution >= 4 is 11.8 Å². The van der Waals surface area contributed by atoms with Crippen molar-refractivity contribution in [3.8, 4) is 11.6 Å². The van der Waals surface area contributed by atoms with Crippen molar-refractivity contribution in [1.29, 1.82) is 0 Å². The van der Waals surface area contributed by atoms with Gasteiger partial charge in [-0.05, 0) is 43.7 Å². The summed E-state index contributed by atoms with van der Waals surface area (Å²) in [6, 6.07) is 12.6. The van der Waals surface area contributed by atoms with Gasteiger partial charge in [0, 0.05) is 32.7 Å². The second-order valence-electron chi connectivity index (χ2n) is 8.70. The van der Waals surface area contributed by atoms with Gasteiger partial charge in [0.2, 0.25) is 5.88 Å². The molecule has 2 aromatic carbocycles. The molecule has 2 atom stereocenters. The zero-order chi connectivity index (χ0) is 25.7. The van der Waals surface area contributed by atoms with Crippen LogP contribution in [-0.2, 0) is 4.74 Å². The molecule has 2 amide bonds. The third kappa shape index (κ3) is 5.66. The first-order valence-corrected chi connectivity index (χ1v) is 11.9. The average molecular weight is 500 g/mol. The quantitative estimate of drug-likeness (QED) is 0.464. The SMILES string of the molecule is CCOc1nn(-c2ccccc2)c(NC(=O)N[C@@H]2CN(CCOC)C[C@H]2c2ccc(F)c(F)c2)c1C. The predicted molar refractivity (Wildman–Crippen MR) is 133 cm³/mol. The lowest BCUT2D eigenvalue weighted by atomic mass is 9.94. The number of likely N-dealkylation sites (tertiary alicyclic amines) is 1. The van der Waals surface area contributed by atoms with Crippen molar-refractivity contribution in [2.45, 2.75) is 25.8 Å². The van der Waals surface area contributed by atoms with Crippen LogP contribution in [0.25, 0.3) is 5.69 Å². The molecule has 8 nitrogen and oxygen atoms in total. The minimum absolute atomic E-state index is 0.221. The van der Waals surface area contributed by atoms with Crippen LogP contribution in [0.15, 0.2) is 48.5 Å². The van der Waals surface area contributed by atoms with Crippen molar-refractivity contribution in [2.75, 3.05) is 45.3 Å². The molecule has 1 aromatic heterocycles. The lowest BCUT2D eigenvalue weighted by Crippen LogP contribution is -2.42. The molecule has 3 aromatic rings. The Morgan fingerprint density at radius 2 is 1.92 bits per heavy atom. The van der Waals surface area contributed by atoms with Crippen LogP contribution >= 0.6 is 0 Å². The number of rotatable bonds is 9.